The lowest BCUT2D eigenvalue weighted by Crippen LogP contribution is -2.12. The number of nitriles is 1. The highest BCUT2D eigenvalue weighted by atomic mass is 16.5. The molecule has 0 aromatic heterocycles. The van der Waals surface area contributed by atoms with Crippen molar-refractivity contribution >= 4 is 0 Å². The van der Waals surface area contributed by atoms with E-state index in [1.165, 1.54) is 5.56 Å². The van der Waals surface area contributed by atoms with Gasteiger partial charge in [-0.05, 0) is 11.1 Å². The largest absolute Gasteiger partial charge is 0.380 e. The SMILES string of the molecule is COCc1ccc(CNCC#N)cc1. The van der Waals surface area contributed by atoms with E-state index in [1.54, 1.807) is 7.11 Å². The van der Waals surface area contributed by atoms with E-state index in [2.05, 4.69) is 5.32 Å². The second kappa shape index (κ2) is 6.14. The zero-order chi connectivity index (χ0) is 10.2. The Morgan fingerprint density at radius 3 is 2.50 bits per heavy atom. The van der Waals surface area contributed by atoms with Crippen LogP contribution in [-0.2, 0) is 17.9 Å². The van der Waals surface area contributed by atoms with Crippen molar-refractivity contribution in [1.29, 1.82) is 5.26 Å². The van der Waals surface area contributed by atoms with Crippen LogP contribution < -0.4 is 5.32 Å². The van der Waals surface area contributed by atoms with Crippen LogP contribution in [0, 0.1) is 11.3 Å². The van der Waals surface area contributed by atoms with Crippen molar-refractivity contribution in [2.24, 2.45) is 0 Å². The Morgan fingerprint density at radius 2 is 1.93 bits per heavy atom. The van der Waals surface area contributed by atoms with Crippen LogP contribution in [0.3, 0.4) is 0 Å². The molecule has 1 N–H and O–H groups in total. The van der Waals surface area contributed by atoms with Crippen LogP contribution in [0.4, 0.5) is 0 Å². The third kappa shape index (κ3) is 3.56. The van der Waals surface area contributed by atoms with Crippen LogP contribution in [-0.4, -0.2) is 13.7 Å². The average molecular weight is 190 g/mol. The predicted octanol–water partition coefficient (Wildman–Crippen LogP) is 1.45. The zero-order valence-corrected chi connectivity index (χ0v) is 8.29. The van der Waals surface area contributed by atoms with Gasteiger partial charge in [-0.3, -0.25) is 0 Å². The number of ether oxygens (including phenoxy) is 1. The van der Waals surface area contributed by atoms with Gasteiger partial charge >= 0.3 is 0 Å². The molecular formula is C11H14N2O. The minimum absolute atomic E-state index is 0.389. The number of nitrogens with zero attached hydrogens (tertiary/aromatic N) is 1. The lowest BCUT2D eigenvalue weighted by Gasteiger charge is -2.03. The van der Waals surface area contributed by atoms with Gasteiger partial charge in [0.2, 0.25) is 0 Å². The van der Waals surface area contributed by atoms with E-state index in [1.807, 2.05) is 30.3 Å². The molecule has 3 heteroatoms. The first kappa shape index (κ1) is 10.7. The van der Waals surface area contributed by atoms with Crippen LogP contribution in [0.1, 0.15) is 11.1 Å². The van der Waals surface area contributed by atoms with Gasteiger partial charge in [0, 0.05) is 13.7 Å². The van der Waals surface area contributed by atoms with Gasteiger partial charge in [0.15, 0.2) is 0 Å². The molecule has 1 aromatic rings. The Labute approximate surface area is 84.3 Å². The molecule has 0 aliphatic carbocycles. The molecule has 0 aliphatic heterocycles. The van der Waals surface area contributed by atoms with Crippen molar-refractivity contribution in [2.45, 2.75) is 13.2 Å². The van der Waals surface area contributed by atoms with E-state index < -0.39 is 0 Å². The number of hydrogen-bond acceptors (Lipinski definition) is 3. The second-order valence-corrected chi connectivity index (χ2v) is 3.01. The van der Waals surface area contributed by atoms with Crippen LogP contribution in [0.2, 0.25) is 0 Å². The maximum absolute atomic E-state index is 8.33. The van der Waals surface area contributed by atoms with Gasteiger partial charge < -0.3 is 10.1 Å². The van der Waals surface area contributed by atoms with Crippen molar-refractivity contribution in [1.82, 2.24) is 5.32 Å². The maximum Gasteiger partial charge on any atom is 0.0843 e. The first-order valence-electron chi connectivity index (χ1n) is 4.51. The summed E-state index contributed by atoms with van der Waals surface area (Å²) in [5.41, 5.74) is 2.34. The summed E-state index contributed by atoms with van der Waals surface area (Å²) in [5, 5.41) is 11.3. The van der Waals surface area contributed by atoms with E-state index in [-0.39, 0.29) is 0 Å². The molecule has 0 saturated heterocycles. The summed E-state index contributed by atoms with van der Waals surface area (Å²) in [5.74, 6) is 0. The number of nitrogens with one attached hydrogen (secondary N) is 1. The van der Waals surface area contributed by atoms with E-state index in [0.29, 0.717) is 13.2 Å². The summed E-state index contributed by atoms with van der Waals surface area (Å²) in [6.45, 7) is 1.77. The Bertz CT molecular complexity index is 300. The molecule has 14 heavy (non-hydrogen) atoms. The quantitative estimate of drug-likeness (QED) is 0.564. The molecule has 74 valence electrons. The number of methoxy groups -OCH3 is 1. The molecule has 1 rings (SSSR count). The summed E-state index contributed by atoms with van der Waals surface area (Å²) >= 11 is 0. The molecule has 0 fully saturated rings. The molecule has 0 spiro atoms. The number of rotatable bonds is 5. The monoisotopic (exact) mass is 190 g/mol. The van der Waals surface area contributed by atoms with Crippen LogP contribution >= 0.6 is 0 Å². The van der Waals surface area contributed by atoms with Gasteiger partial charge in [0.05, 0.1) is 19.2 Å². The predicted molar refractivity (Wildman–Crippen MR) is 54.5 cm³/mol. The summed E-state index contributed by atoms with van der Waals surface area (Å²) < 4.78 is 5.01. The third-order valence-electron chi connectivity index (χ3n) is 1.87. The fourth-order valence-corrected chi connectivity index (χ4v) is 1.18. The zero-order valence-electron chi connectivity index (χ0n) is 8.29. The highest BCUT2D eigenvalue weighted by Gasteiger charge is 1.93. The minimum Gasteiger partial charge on any atom is -0.380 e. The van der Waals surface area contributed by atoms with E-state index in [4.69, 9.17) is 10.00 Å². The fraction of sp³-hybridized carbons (Fsp3) is 0.364. The molecule has 0 saturated carbocycles. The van der Waals surface area contributed by atoms with E-state index in [9.17, 15) is 0 Å². The topological polar surface area (TPSA) is 45.0 Å². The number of hydrogen-bond donors (Lipinski definition) is 1. The van der Waals surface area contributed by atoms with Gasteiger partial charge in [-0.1, -0.05) is 24.3 Å². The molecule has 0 aliphatic rings. The van der Waals surface area contributed by atoms with Gasteiger partial charge in [-0.15, -0.1) is 0 Å². The minimum atomic E-state index is 0.389. The van der Waals surface area contributed by atoms with Crippen molar-refractivity contribution in [2.75, 3.05) is 13.7 Å². The van der Waals surface area contributed by atoms with E-state index >= 15 is 0 Å². The average Bonchev–Trinajstić information content (AvgIpc) is 2.21. The maximum atomic E-state index is 8.33. The molecular weight excluding hydrogens is 176 g/mol. The van der Waals surface area contributed by atoms with Crippen LogP contribution in [0.5, 0.6) is 0 Å². The lowest BCUT2D eigenvalue weighted by molar-refractivity contribution is 0.185. The molecule has 0 bridgehead atoms. The smallest absolute Gasteiger partial charge is 0.0843 e. The van der Waals surface area contributed by atoms with Gasteiger partial charge in [0.1, 0.15) is 0 Å². The molecule has 3 nitrogen and oxygen atoms in total. The van der Waals surface area contributed by atoms with E-state index in [0.717, 1.165) is 12.1 Å². The third-order valence-corrected chi connectivity index (χ3v) is 1.87. The second-order valence-electron chi connectivity index (χ2n) is 3.01. The molecule has 0 heterocycles. The highest BCUT2D eigenvalue weighted by Crippen LogP contribution is 2.04. The Balaban J connectivity index is 2.43. The van der Waals surface area contributed by atoms with Crippen molar-refractivity contribution in [3.05, 3.63) is 35.4 Å². The lowest BCUT2D eigenvalue weighted by atomic mass is 10.1. The number of benzene rings is 1. The van der Waals surface area contributed by atoms with Crippen molar-refractivity contribution < 1.29 is 4.74 Å². The highest BCUT2D eigenvalue weighted by molar-refractivity contribution is 5.21. The van der Waals surface area contributed by atoms with Crippen LogP contribution in [0.15, 0.2) is 24.3 Å². The molecule has 1 aromatic carbocycles. The molecule has 0 amide bonds. The van der Waals surface area contributed by atoms with Crippen molar-refractivity contribution in [3.63, 3.8) is 0 Å². The Kier molecular flexibility index (Phi) is 4.70. The molecule has 0 radical (unpaired) electrons. The van der Waals surface area contributed by atoms with Crippen molar-refractivity contribution in [3.8, 4) is 6.07 Å². The Hall–Kier alpha value is -1.37. The fourth-order valence-electron chi connectivity index (χ4n) is 1.18. The summed E-state index contributed by atoms with van der Waals surface area (Å²) in [4.78, 5) is 0. The summed E-state index contributed by atoms with van der Waals surface area (Å²) in [7, 11) is 1.68. The summed E-state index contributed by atoms with van der Waals surface area (Å²) in [6.07, 6.45) is 0. The molecule has 0 atom stereocenters. The molecule has 0 unspecified atom stereocenters. The Morgan fingerprint density at radius 1 is 1.29 bits per heavy atom. The first-order valence-corrected chi connectivity index (χ1v) is 4.51. The first-order chi connectivity index (χ1) is 6.86. The summed E-state index contributed by atoms with van der Waals surface area (Å²) in [6, 6.07) is 10.2. The van der Waals surface area contributed by atoms with Gasteiger partial charge in [0.25, 0.3) is 0 Å². The van der Waals surface area contributed by atoms with Crippen LogP contribution in [0.25, 0.3) is 0 Å². The normalized spacial score (nSPS) is 9.71. The van der Waals surface area contributed by atoms with Gasteiger partial charge in [-0.25, -0.2) is 0 Å². The van der Waals surface area contributed by atoms with Gasteiger partial charge in [-0.2, -0.15) is 5.26 Å². The standard InChI is InChI=1S/C11H14N2O/c1-14-9-11-4-2-10(3-5-11)8-13-7-6-12/h2-5,13H,7-9H2,1H3.